The Morgan fingerprint density at radius 2 is 1.30 bits per heavy atom. The van der Waals surface area contributed by atoms with Crippen LogP contribution in [0.1, 0.15) is 16.7 Å². The molecule has 0 aliphatic rings. The summed E-state index contributed by atoms with van der Waals surface area (Å²) in [6.07, 6.45) is 0. The summed E-state index contributed by atoms with van der Waals surface area (Å²) in [5.41, 5.74) is 4.70. The van der Waals surface area contributed by atoms with Crippen molar-refractivity contribution < 1.29 is 15.2 Å². The number of hydrogen-bond acceptors (Lipinski definition) is 5. The van der Waals surface area contributed by atoms with Gasteiger partial charge in [-0.15, -0.1) is 0 Å². The average Bonchev–Trinajstić information content (AvgIpc) is 2.69. The summed E-state index contributed by atoms with van der Waals surface area (Å²) >= 11 is 0. The number of aryl methyl sites for hydroxylation is 1. The summed E-state index contributed by atoms with van der Waals surface area (Å²) in [6.45, 7) is 1.95. The first kappa shape index (κ1) is 19.7. The topological polar surface area (TPSA) is 108 Å². The van der Waals surface area contributed by atoms with Gasteiger partial charge >= 0.3 is 7.12 Å². The highest BCUT2D eigenvalue weighted by atomic mass is 16.4. The van der Waals surface area contributed by atoms with Gasteiger partial charge in [0.1, 0.15) is 5.75 Å². The van der Waals surface area contributed by atoms with Crippen LogP contribution in [-0.4, -0.2) is 22.3 Å². The maximum absolute atomic E-state index is 9.32. The second kappa shape index (κ2) is 9.21. The third-order valence-corrected chi connectivity index (χ3v) is 3.87. The van der Waals surface area contributed by atoms with Gasteiger partial charge in [0.25, 0.3) is 0 Å². The van der Waals surface area contributed by atoms with Gasteiger partial charge < -0.3 is 15.2 Å². The molecule has 0 heterocycles. The van der Waals surface area contributed by atoms with Gasteiger partial charge in [-0.25, -0.2) is 0 Å². The molecule has 0 radical (unpaired) electrons. The Bertz CT molecular complexity index is 986. The molecule has 0 saturated carbocycles. The number of phenols is 1. The van der Waals surface area contributed by atoms with E-state index in [1.807, 2.05) is 31.2 Å². The fourth-order valence-electron chi connectivity index (χ4n) is 2.43. The van der Waals surface area contributed by atoms with E-state index in [2.05, 4.69) is 6.07 Å². The monoisotopic (exact) mass is 356 g/mol. The van der Waals surface area contributed by atoms with Gasteiger partial charge in [0.05, 0.1) is 23.3 Å². The van der Waals surface area contributed by atoms with Crippen LogP contribution in [0.2, 0.25) is 0 Å². The lowest BCUT2D eigenvalue weighted by Gasteiger charge is -2.06. The van der Waals surface area contributed by atoms with Gasteiger partial charge in [-0.1, -0.05) is 30.3 Å². The van der Waals surface area contributed by atoms with Crippen LogP contribution >= 0.6 is 0 Å². The highest BCUT2D eigenvalue weighted by molar-refractivity contribution is 6.58. The standard InChI is InChI=1S/C14H11NO.C7H6BNO2/c1-10-8-13(16)6-7-14(10)12-4-2-11(9-15)3-5-12;9-5-6-1-3-7(4-2-6)8(10)11/h2-8,16H,1H3;1-4,10-11H. The maximum atomic E-state index is 9.32. The van der Waals surface area contributed by atoms with Crippen LogP contribution in [0.15, 0.2) is 66.7 Å². The molecule has 5 nitrogen and oxygen atoms in total. The summed E-state index contributed by atoms with van der Waals surface area (Å²) < 4.78 is 0. The van der Waals surface area contributed by atoms with Gasteiger partial charge in [-0.2, -0.15) is 10.5 Å². The Balaban J connectivity index is 0.000000208. The van der Waals surface area contributed by atoms with Crippen molar-refractivity contribution in [2.75, 3.05) is 0 Å². The van der Waals surface area contributed by atoms with Crippen molar-refractivity contribution in [1.82, 2.24) is 0 Å². The van der Waals surface area contributed by atoms with E-state index in [-0.39, 0.29) is 5.75 Å². The van der Waals surface area contributed by atoms with E-state index in [0.29, 0.717) is 16.6 Å². The summed E-state index contributed by atoms with van der Waals surface area (Å²) in [5, 5.41) is 43.7. The van der Waals surface area contributed by atoms with Crippen LogP contribution in [0.5, 0.6) is 5.75 Å². The van der Waals surface area contributed by atoms with E-state index in [9.17, 15) is 5.11 Å². The Hall–Kier alpha value is -3.58. The first-order valence-electron chi connectivity index (χ1n) is 8.11. The average molecular weight is 356 g/mol. The first-order chi connectivity index (χ1) is 12.9. The molecule has 0 fully saturated rings. The molecule has 0 aliphatic carbocycles. The molecule has 3 rings (SSSR count). The zero-order valence-corrected chi connectivity index (χ0v) is 14.7. The van der Waals surface area contributed by atoms with Crippen molar-refractivity contribution in [3.05, 3.63) is 83.4 Å². The number of benzene rings is 3. The van der Waals surface area contributed by atoms with Crippen molar-refractivity contribution in [2.24, 2.45) is 0 Å². The van der Waals surface area contributed by atoms with Crippen LogP contribution < -0.4 is 5.46 Å². The zero-order chi connectivity index (χ0) is 19.8. The number of nitrogens with zero attached hydrogens (tertiary/aromatic N) is 2. The molecule has 0 aromatic heterocycles. The Labute approximate surface area is 158 Å². The minimum Gasteiger partial charge on any atom is -0.508 e. The summed E-state index contributed by atoms with van der Waals surface area (Å²) in [7, 11) is -1.46. The quantitative estimate of drug-likeness (QED) is 0.612. The van der Waals surface area contributed by atoms with Crippen molar-refractivity contribution in [3.63, 3.8) is 0 Å². The predicted octanol–water partition coefficient (Wildman–Crippen LogP) is 2.48. The van der Waals surface area contributed by atoms with Crippen LogP contribution in [0.25, 0.3) is 11.1 Å². The third-order valence-electron chi connectivity index (χ3n) is 3.87. The molecule has 0 unspecified atom stereocenters. The molecular formula is C21H17BN2O3. The zero-order valence-electron chi connectivity index (χ0n) is 14.7. The SMILES string of the molecule is Cc1cc(O)ccc1-c1ccc(C#N)cc1.N#Cc1ccc(B(O)O)cc1. The highest BCUT2D eigenvalue weighted by Gasteiger charge is 2.09. The highest BCUT2D eigenvalue weighted by Crippen LogP contribution is 2.26. The fraction of sp³-hybridized carbons (Fsp3) is 0.0476. The van der Waals surface area contributed by atoms with Gasteiger partial charge in [-0.05, 0) is 65.5 Å². The lowest BCUT2D eigenvalue weighted by Crippen LogP contribution is -2.29. The predicted molar refractivity (Wildman–Crippen MR) is 104 cm³/mol. The molecule has 132 valence electrons. The number of aromatic hydroxyl groups is 1. The molecule has 0 spiro atoms. The molecule has 0 atom stereocenters. The molecule has 27 heavy (non-hydrogen) atoms. The minimum absolute atomic E-state index is 0.273. The van der Waals surface area contributed by atoms with Crippen molar-refractivity contribution in [1.29, 1.82) is 10.5 Å². The molecule has 0 amide bonds. The molecule has 6 heteroatoms. The van der Waals surface area contributed by atoms with Crippen molar-refractivity contribution >= 4 is 12.6 Å². The largest absolute Gasteiger partial charge is 0.508 e. The Morgan fingerprint density at radius 1 is 0.778 bits per heavy atom. The lowest BCUT2D eigenvalue weighted by atomic mass is 9.80. The normalized spacial score (nSPS) is 9.37. The third kappa shape index (κ3) is 5.45. The van der Waals surface area contributed by atoms with Crippen LogP contribution in [0.4, 0.5) is 0 Å². The maximum Gasteiger partial charge on any atom is 0.488 e. The van der Waals surface area contributed by atoms with E-state index < -0.39 is 7.12 Å². The van der Waals surface area contributed by atoms with Crippen molar-refractivity contribution in [2.45, 2.75) is 6.92 Å². The fourth-order valence-corrected chi connectivity index (χ4v) is 2.43. The Kier molecular flexibility index (Phi) is 6.74. The second-order valence-electron chi connectivity index (χ2n) is 5.80. The Morgan fingerprint density at radius 3 is 1.74 bits per heavy atom. The van der Waals surface area contributed by atoms with E-state index in [0.717, 1.165) is 16.7 Å². The molecule has 3 N–H and O–H groups in total. The van der Waals surface area contributed by atoms with Crippen molar-refractivity contribution in [3.8, 4) is 29.0 Å². The second-order valence-corrected chi connectivity index (χ2v) is 5.80. The molecule has 0 saturated heterocycles. The smallest absolute Gasteiger partial charge is 0.488 e. The van der Waals surface area contributed by atoms with Gasteiger partial charge in [0.15, 0.2) is 0 Å². The number of phenolic OH excluding ortho intramolecular Hbond substituents is 1. The van der Waals surface area contributed by atoms with Gasteiger partial charge in [0, 0.05) is 0 Å². The van der Waals surface area contributed by atoms with Crippen LogP contribution in [-0.2, 0) is 0 Å². The number of nitriles is 2. The van der Waals surface area contributed by atoms with Gasteiger partial charge in [0.2, 0.25) is 0 Å². The van der Waals surface area contributed by atoms with E-state index in [4.69, 9.17) is 20.6 Å². The molecule has 3 aromatic carbocycles. The lowest BCUT2D eigenvalue weighted by molar-refractivity contribution is 0.426. The molecule has 0 aliphatic heterocycles. The summed E-state index contributed by atoms with van der Waals surface area (Å²) in [5.74, 6) is 0.273. The molecule has 0 bridgehead atoms. The summed E-state index contributed by atoms with van der Waals surface area (Å²) in [6, 6.07) is 22.8. The molecule has 3 aromatic rings. The van der Waals surface area contributed by atoms with Crippen LogP contribution in [0, 0.1) is 29.6 Å². The first-order valence-corrected chi connectivity index (χ1v) is 8.11. The van der Waals surface area contributed by atoms with Crippen LogP contribution in [0.3, 0.4) is 0 Å². The molecular weight excluding hydrogens is 339 g/mol. The summed E-state index contributed by atoms with van der Waals surface area (Å²) in [4.78, 5) is 0. The van der Waals surface area contributed by atoms with E-state index in [1.165, 1.54) is 24.3 Å². The van der Waals surface area contributed by atoms with E-state index in [1.54, 1.807) is 24.3 Å². The number of rotatable bonds is 2. The number of hydrogen-bond donors (Lipinski definition) is 3. The van der Waals surface area contributed by atoms with E-state index >= 15 is 0 Å². The minimum atomic E-state index is -1.46. The van der Waals surface area contributed by atoms with Gasteiger partial charge in [-0.3, -0.25) is 0 Å².